The standard InChI is InChI=1S/C14H20FN3O/c1-14(2,13(16)17-19)6-8-18-7-5-10-3-4-11(15)9-12(10)18/h3-4,9,19H,5-8H2,1-2H3,(H2,16,17). The Morgan fingerprint density at radius 2 is 2.26 bits per heavy atom. The molecule has 5 heteroatoms. The summed E-state index contributed by atoms with van der Waals surface area (Å²) in [6.07, 6.45) is 1.69. The summed E-state index contributed by atoms with van der Waals surface area (Å²) in [7, 11) is 0. The summed E-state index contributed by atoms with van der Waals surface area (Å²) < 4.78 is 13.3. The fourth-order valence-electron chi connectivity index (χ4n) is 2.33. The van der Waals surface area contributed by atoms with Crippen molar-refractivity contribution in [2.24, 2.45) is 16.3 Å². The van der Waals surface area contributed by atoms with E-state index in [0.717, 1.165) is 31.6 Å². The first-order valence-electron chi connectivity index (χ1n) is 6.45. The van der Waals surface area contributed by atoms with Gasteiger partial charge in [-0.15, -0.1) is 0 Å². The first-order chi connectivity index (χ1) is 8.94. The van der Waals surface area contributed by atoms with Crippen molar-refractivity contribution in [2.45, 2.75) is 26.7 Å². The minimum absolute atomic E-state index is 0.207. The van der Waals surface area contributed by atoms with Crippen LogP contribution < -0.4 is 10.6 Å². The van der Waals surface area contributed by atoms with E-state index < -0.39 is 0 Å². The molecule has 0 fully saturated rings. The van der Waals surface area contributed by atoms with E-state index in [1.165, 1.54) is 11.6 Å². The van der Waals surface area contributed by atoms with E-state index in [-0.39, 0.29) is 17.1 Å². The zero-order valence-corrected chi connectivity index (χ0v) is 11.4. The smallest absolute Gasteiger partial charge is 0.144 e. The normalized spacial score (nSPS) is 15.7. The van der Waals surface area contributed by atoms with Gasteiger partial charge in [0.05, 0.1) is 0 Å². The molecule has 0 saturated carbocycles. The first-order valence-corrected chi connectivity index (χ1v) is 6.45. The van der Waals surface area contributed by atoms with Crippen molar-refractivity contribution in [3.05, 3.63) is 29.6 Å². The van der Waals surface area contributed by atoms with Crippen LogP contribution in [0, 0.1) is 11.2 Å². The highest BCUT2D eigenvalue weighted by Crippen LogP contribution is 2.30. The predicted molar refractivity (Wildman–Crippen MR) is 74.1 cm³/mol. The van der Waals surface area contributed by atoms with Gasteiger partial charge >= 0.3 is 0 Å². The second kappa shape index (κ2) is 5.07. The number of amidine groups is 1. The Labute approximate surface area is 112 Å². The van der Waals surface area contributed by atoms with E-state index in [4.69, 9.17) is 10.9 Å². The summed E-state index contributed by atoms with van der Waals surface area (Å²) in [6.45, 7) is 5.53. The summed E-state index contributed by atoms with van der Waals surface area (Å²) in [4.78, 5) is 2.16. The fraction of sp³-hybridized carbons (Fsp3) is 0.500. The average molecular weight is 265 g/mol. The van der Waals surface area contributed by atoms with Crippen molar-refractivity contribution in [3.8, 4) is 0 Å². The number of hydrogen-bond acceptors (Lipinski definition) is 3. The molecule has 0 amide bonds. The van der Waals surface area contributed by atoms with Gasteiger partial charge in [-0.1, -0.05) is 25.1 Å². The molecule has 2 rings (SSSR count). The lowest BCUT2D eigenvalue weighted by molar-refractivity contribution is 0.305. The van der Waals surface area contributed by atoms with Crippen LogP contribution in [0.2, 0.25) is 0 Å². The van der Waals surface area contributed by atoms with Crippen LogP contribution in [-0.2, 0) is 6.42 Å². The quantitative estimate of drug-likeness (QED) is 0.380. The molecule has 1 aromatic carbocycles. The third kappa shape index (κ3) is 2.80. The Bertz CT molecular complexity index is 499. The molecule has 1 heterocycles. The molecule has 1 aromatic rings. The Morgan fingerprint density at radius 3 is 2.95 bits per heavy atom. The largest absolute Gasteiger partial charge is 0.409 e. The van der Waals surface area contributed by atoms with Crippen LogP contribution >= 0.6 is 0 Å². The summed E-state index contributed by atoms with van der Waals surface area (Å²) in [6, 6.07) is 4.93. The summed E-state index contributed by atoms with van der Waals surface area (Å²) >= 11 is 0. The number of nitrogens with two attached hydrogens (primary N) is 1. The average Bonchev–Trinajstić information content (AvgIpc) is 2.77. The maximum absolute atomic E-state index is 13.3. The number of halogens is 1. The third-order valence-electron chi connectivity index (χ3n) is 3.85. The highest BCUT2D eigenvalue weighted by Gasteiger charge is 2.26. The molecule has 0 unspecified atom stereocenters. The second-order valence-corrected chi connectivity index (χ2v) is 5.63. The summed E-state index contributed by atoms with van der Waals surface area (Å²) in [5, 5.41) is 11.8. The van der Waals surface area contributed by atoms with Crippen LogP contribution in [0.25, 0.3) is 0 Å². The van der Waals surface area contributed by atoms with Crippen molar-refractivity contribution in [1.82, 2.24) is 0 Å². The molecule has 0 saturated heterocycles. The molecule has 0 bridgehead atoms. The van der Waals surface area contributed by atoms with Gasteiger partial charge in [0, 0.05) is 24.2 Å². The Kier molecular flexibility index (Phi) is 3.64. The molecule has 1 aliphatic rings. The SMILES string of the molecule is CC(C)(CCN1CCc2ccc(F)cc21)/C(N)=N/O. The number of nitrogens with zero attached hydrogens (tertiary/aromatic N) is 2. The molecular weight excluding hydrogens is 245 g/mol. The zero-order chi connectivity index (χ0) is 14.0. The highest BCUT2D eigenvalue weighted by atomic mass is 19.1. The predicted octanol–water partition coefficient (Wildman–Crippen LogP) is 2.35. The third-order valence-corrected chi connectivity index (χ3v) is 3.85. The van der Waals surface area contributed by atoms with Crippen LogP contribution in [-0.4, -0.2) is 24.1 Å². The molecule has 0 spiro atoms. The van der Waals surface area contributed by atoms with Crippen molar-refractivity contribution in [2.75, 3.05) is 18.0 Å². The summed E-state index contributed by atoms with van der Waals surface area (Å²) in [5.41, 5.74) is 7.46. The molecule has 0 atom stereocenters. The van der Waals surface area contributed by atoms with Crippen molar-refractivity contribution in [3.63, 3.8) is 0 Å². The van der Waals surface area contributed by atoms with E-state index in [0.29, 0.717) is 0 Å². The van der Waals surface area contributed by atoms with Gasteiger partial charge in [0.25, 0.3) is 0 Å². The van der Waals surface area contributed by atoms with Gasteiger partial charge < -0.3 is 15.8 Å². The molecule has 0 aliphatic carbocycles. The molecular formula is C14H20FN3O. The molecule has 4 nitrogen and oxygen atoms in total. The van der Waals surface area contributed by atoms with Crippen LogP contribution in [0.1, 0.15) is 25.8 Å². The van der Waals surface area contributed by atoms with E-state index in [2.05, 4.69) is 10.1 Å². The Hall–Kier alpha value is -1.78. The maximum atomic E-state index is 13.3. The zero-order valence-electron chi connectivity index (χ0n) is 11.4. The molecule has 0 aromatic heterocycles. The highest BCUT2D eigenvalue weighted by molar-refractivity contribution is 5.85. The van der Waals surface area contributed by atoms with E-state index >= 15 is 0 Å². The van der Waals surface area contributed by atoms with E-state index in [1.54, 1.807) is 6.07 Å². The lowest BCUT2D eigenvalue weighted by atomic mass is 9.88. The maximum Gasteiger partial charge on any atom is 0.144 e. The van der Waals surface area contributed by atoms with Crippen LogP contribution in [0.5, 0.6) is 0 Å². The van der Waals surface area contributed by atoms with Gasteiger partial charge in [-0.2, -0.15) is 0 Å². The van der Waals surface area contributed by atoms with Crippen LogP contribution in [0.4, 0.5) is 10.1 Å². The van der Waals surface area contributed by atoms with Crippen molar-refractivity contribution in [1.29, 1.82) is 0 Å². The number of anilines is 1. The van der Waals surface area contributed by atoms with Crippen LogP contribution in [0.15, 0.2) is 23.4 Å². The molecule has 0 radical (unpaired) electrons. The van der Waals surface area contributed by atoms with Crippen LogP contribution in [0.3, 0.4) is 0 Å². The van der Waals surface area contributed by atoms with E-state index in [1.807, 2.05) is 19.9 Å². The molecule has 1 aliphatic heterocycles. The molecule has 19 heavy (non-hydrogen) atoms. The molecule has 104 valence electrons. The number of rotatable bonds is 4. The number of oxime groups is 1. The fourth-order valence-corrected chi connectivity index (χ4v) is 2.33. The van der Waals surface area contributed by atoms with E-state index in [9.17, 15) is 4.39 Å². The summed E-state index contributed by atoms with van der Waals surface area (Å²) in [5.74, 6) is 0.0208. The Balaban J connectivity index is 2.06. The van der Waals surface area contributed by atoms with Crippen molar-refractivity contribution >= 4 is 11.5 Å². The number of fused-ring (bicyclic) bond motifs is 1. The minimum atomic E-state index is -0.370. The number of hydrogen-bond donors (Lipinski definition) is 2. The van der Waals surface area contributed by atoms with Gasteiger partial charge in [-0.3, -0.25) is 0 Å². The monoisotopic (exact) mass is 265 g/mol. The minimum Gasteiger partial charge on any atom is -0.409 e. The number of benzene rings is 1. The van der Waals surface area contributed by atoms with Crippen molar-refractivity contribution < 1.29 is 9.60 Å². The van der Waals surface area contributed by atoms with Gasteiger partial charge in [0.1, 0.15) is 11.7 Å². The first kappa shape index (κ1) is 13.6. The lowest BCUT2D eigenvalue weighted by Gasteiger charge is -2.27. The van der Waals surface area contributed by atoms with Gasteiger partial charge in [-0.25, -0.2) is 4.39 Å². The van der Waals surface area contributed by atoms with Gasteiger partial charge in [-0.05, 0) is 30.5 Å². The van der Waals surface area contributed by atoms with Gasteiger partial charge in [0.15, 0.2) is 0 Å². The lowest BCUT2D eigenvalue weighted by Crippen LogP contribution is -2.36. The van der Waals surface area contributed by atoms with Gasteiger partial charge in [0.2, 0.25) is 0 Å². The Morgan fingerprint density at radius 1 is 1.53 bits per heavy atom. The topological polar surface area (TPSA) is 61.8 Å². The second-order valence-electron chi connectivity index (χ2n) is 5.63. The molecule has 3 N–H and O–H groups in total.